The summed E-state index contributed by atoms with van der Waals surface area (Å²) in [6.07, 6.45) is 4.25. The predicted molar refractivity (Wildman–Crippen MR) is 79.6 cm³/mol. The van der Waals surface area contributed by atoms with E-state index >= 15 is 0 Å². The first-order chi connectivity index (χ1) is 9.38. The van der Waals surface area contributed by atoms with Crippen molar-refractivity contribution in [3.8, 4) is 0 Å². The Morgan fingerprint density at radius 2 is 2.11 bits per heavy atom. The number of para-hydroxylation sites is 1. The largest absolute Gasteiger partial charge is 0.373 e. The van der Waals surface area contributed by atoms with E-state index in [1.807, 2.05) is 19.3 Å². The SMILES string of the molecule is CNc1ncccc1CN1CCCc2ccccc21. The summed E-state index contributed by atoms with van der Waals surface area (Å²) >= 11 is 0. The molecule has 0 saturated heterocycles. The molecule has 3 nitrogen and oxygen atoms in total. The second kappa shape index (κ2) is 5.31. The monoisotopic (exact) mass is 253 g/mol. The molecule has 98 valence electrons. The van der Waals surface area contributed by atoms with Gasteiger partial charge in [-0.2, -0.15) is 0 Å². The molecule has 0 bridgehead atoms. The second-order valence-corrected chi connectivity index (χ2v) is 4.91. The van der Waals surface area contributed by atoms with Crippen LogP contribution in [-0.4, -0.2) is 18.6 Å². The molecule has 1 aliphatic rings. The number of aryl methyl sites for hydroxylation is 1. The highest BCUT2D eigenvalue weighted by atomic mass is 15.1. The van der Waals surface area contributed by atoms with Gasteiger partial charge in [0.1, 0.15) is 5.82 Å². The lowest BCUT2D eigenvalue weighted by atomic mass is 10.0. The lowest BCUT2D eigenvalue weighted by molar-refractivity contribution is 0.691. The number of anilines is 2. The summed E-state index contributed by atoms with van der Waals surface area (Å²) in [4.78, 5) is 6.84. The van der Waals surface area contributed by atoms with E-state index in [9.17, 15) is 0 Å². The quantitative estimate of drug-likeness (QED) is 0.911. The van der Waals surface area contributed by atoms with Gasteiger partial charge in [-0.15, -0.1) is 0 Å². The van der Waals surface area contributed by atoms with E-state index in [0.29, 0.717) is 0 Å². The summed E-state index contributed by atoms with van der Waals surface area (Å²) in [7, 11) is 1.93. The third-order valence-corrected chi connectivity index (χ3v) is 3.70. The molecule has 1 aromatic heterocycles. The molecular weight excluding hydrogens is 234 g/mol. The third kappa shape index (κ3) is 2.41. The van der Waals surface area contributed by atoms with Crippen LogP contribution in [0, 0.1) is 0 Å². The van der Waals surface area contributed by atoms with Crippen molar-refractivity contribution in [3.05, 3.63) is 53.7 Å². The molecule has 0 amide bonds. The van der Waals surface area contributed by atoms with Crippen LogP contribution in [0.15, 0.2) is 42.6 Å². The molecule has 1 aliphatic heterocycles. The zero-order valence-electron chi connectivity index (χ0n) is 11.3. The highest BCUT2D eigenvalue weighted by Gasteiger charge is 2.17. The number of nitrogens with zero attached hydrogens (tertiary/aromatic N) is 2. The Kier molecular flexibility index (Phi) is 3.36. The maximum atomic E-state index is 4.38. The molecule has 2 heterocycles. The smallest absolute Gasteiger partial charge is 0.130 e. The summed E-state index contributed by atoms with van der Waals surface area (Å²) in [5.74, 6) is 0.977. The van der Waals surface area contributed by atoms with E-state index in [4.69, 9.17) is 0 Å². The van der Waals surface area contributed by atoms with Gasteiger partial charge in [-0.1, -0.05) is 24.3 Å². The Hall–Kier alpha value is -2.03. The molecule has 0 fully saturated rings. The van der Waals surface area contributed by atoms with Gasteiger partial charge >= 0.3 is 0 Å². The number of aromatic nitrogens is 1. The van der Waals surface area contributed by atoms with Crippen molar-refractivity contribution >= 4 is 11.5 Å². The number of benzene rings is 1. The molecule has 0 aliphatic carbocycles. The molecular formula is C16H19N3. The highest BCUT2D eigenvalue weighted by molar-refractivity contribution is 5.57. The molecule has 2 aromatic rings. The van der Waals surface area contributed by atoms with Crippen LogP contribution in [0.3, 0.4) is 0 Å². The number of rotatable bonds is 3. The molecule has 1 N–H and O–H groups in total. The fourth-order valence-corrected chi connectivity index (χ4v) is 2.77. The van der Waals surface area contributed by atoms with Crippen molar-refractivity contribution in [1.29, 1.82) is 0 Å². The fraction of sp³-hybridized carbons (Fsp3) is 0.312. The van der Waals surface area contributed by atoms with E-state index in [1.165, 1.54) is 29.7 Å². The van der Waals surface area contributed by atoms with Crippen molar-refractivity contribution in [2.75, 3.05) is 23.8 Å². The standard InChI is InChI=1S/C16H19N3/c1-17-16-14(7-4-10-18-16)12-19-11-5-8-13-6-2-3-9-15(13)19/h2-4,6-7,9-10H,5,8,11-12H2,1H3,(H,17,18). The Balaban J connectivity index is 1.88. The Morgan fingerprint density at radius 3 is 3.00 bits per heavy atom. The average Bonchev–Trinajstić information content (AvgIpc) is 2.48. The van der Waals surface area contributed by atoms with Crippen molar-refractivity contribution in [2.24, 2.45) is 0 Å². The first kappa shape index (κ1) is 12.0. The van der Waals surface area contributed by atoms with Crippen LogP contribution in [0.5, 0.6) is 0 Å². The van der Waals surface area contributed by atoms with Gasteiger partial charge in [0, 0.05) is 37.6 Å². The molecule has 0 radical (unpaired) electrons. The third-order valence-electron chi connectivity index (χ3n) is 3.70. The Labute approximate surface area is 114 Å². The predicted octanol–water partition coefficient (Wildman–Crippen LogP) is 3.08. The van der Waals surface area contributed by atoms with E-state index in [0.717, 1.165) is 18.9 Å². The van der Waals surface area contributed by atoms with Crippen molar-refractivity contribution in [1.82, 2.24) is 4.98 Å². The molecule has 0 spiro atoms. The maximum absolute atomic E-state index is 4.38. The van der Waals surface area contributed by atoms with Crippen LogP contribution >= 0.6 is 0 Å². The summed E-state index contributed by atoms with van der Waals surface area (Å²) in [5.41, 5.74) is 4.09. The Bertz CT molecular complexity index is 565. The molecule has 19 heavy (non-hydrogen) atoms. The lowest BCUT2D eigenvalue weighted by Gasteiger charge is -2.31. The average molecular weight is 253 g/mol. The van der Waals surface area contributed by atoms with Gasteiger partial charge in [0.15, 0.2) is 0 Å². The molecule has 0 unspecified atom stereocenters. The van der Waals surface area contributed by atoms with Gasteiger partial charge in [-0.3, -0.25) is 0 Å². The molecule has 0 atom stereocenters. The normalized spacial score (nSPS) is 14.1. The van der Waals surface area contributed by atoms with Crippen LogP contribution in [0.2, 0.25) is 0 Å². The minimum atomic E-state index is 0.918. The van der Waals surface area contributed by atoms with E-state index in [1.54, 1.807) is 0 Å². The van der Waals surface area contributed by atoms with Crippen LogP contribution in [-0.2, 0) is 13.0 Å². The van der Waals surface area contributed by atoms with Gasteiger partial charge < -0.3 is 10.2 Å². The van der Waals surface area contributed by atoms with Crippen LogP contribution in [0.4, 0.5) is 11.5 Å². The number of hydrogen-bond donors (Lipinski definition) is 1. The van der Waals surface area contributed by atoms with Crippen molar-refractivity contribution < 1.29 is 0 Å². The number of fused-ring (bicyclic) bond motifs is 1. The minimum absolute atomic E-state index is 0.918. The summed E-state index contributed by atoms with van der Waals surface area (Å²) in [6, 6.07) is 12.9. The van der Waals surface area contributed by atoms with E-state index in [-0.39, 0.29) is 0 Å². The first-order valence-electron chi connectivity index (χ1n) is 6.83. The first-order valence-corrected chi connectivity index (χ1v) is 6.83. The van der Waals surface area contributed by atoms with Gasteiger partial charge in [0.25, 0.3) is 0 Å². The molecule has 3 rings (SSSR count). The van der Waals surface area contributed by atoms with Gasteiger partial charge in [0.05, 0.1) is 0 Å². The Morgan fingerprint density at radius 1 is 1.21 bits per heavy atom. The number of nitrogens with one attached hydrogen (secondary N) is 1. The van der Waals surface area contributed by atoms with Crippen LogP contribution < -0.4 is 10.2 Å². The minimum Gasteiger partial charge on any atom is -0.373 e. The molecule has 1 aromatic carbocycles. The maximum Gasteiger partial charge on any atom is 0.130 e. The van der Waals surface area contributed by atoms with E-state index < -0.39 is 0 Å². The number of hydrogen-bond acceptors (Lipinski definition) is 3. The summed E-state index contributed by atoms with van der Waals surface area (Å²) in [5, 5.41) is 3.17. The fourth-order valence-electron chi connectivity index (χ4n) is 2.77. The topological polar surface area (TPSA) is 28.2 Å². The van der Waals surface area contributed by atoms with E-state index in [2.05, 4.69) is 45.5 Å². The van der Waals surface area contributed by atoms with Crippen molar-refractivity contribution in [2.45, 2.75) is 19.4 Å². The van der Waals surface area contributed by atoms with Gasteiger partial charge in [-0.05, 0) is 30.5 Å². The second-order valence-electron chi connectivity index (χ2n) is 4.91. The summed E-state index contributed by atoms with van der Waals surface area (Å²) < 4.78 is 0. The highest BCUT2D eigenvalue weighted by Crippen LogP contribution is 2.28. The van der Waals surface area contributed by atoms with Gasteiger partial charge in [-0.25, -0.2) is 4.98 Å². The zero-order valence-corrected chi connectivity index (χ0v) is 11.3. The zero-order chi connectivity index (χ0) is 13.1. The van der Waals surface area contributed by atoms with Gasteiger partial charge in [0.2, 0.25) is 0 Å². The number of pyridine rings is 1. The molecule has 3 heteroatoms. The molecule has 0 saturated carbocycles. The summed E-state index contributed by atoms with van der Waals surface area (Å²) in [6.45, 7) is 2.04. The van der Waals surface area contributed by atoms with Crippen molar-refractivity contribution in [3.63, 3.8) is 0 Å². The van der Waals surface area contributed by atoms with Crippen LogP contribution in [0.25, 0.3) is 0 Å². The lowest BCUT2D eigenvalue weighted by Crippen LogP contribution is -2.29. The van der Waals surface area contributed by atoms with Crippen LogP contribution in [0.1, 0.15) is 17.5 Å².